The number of nitrogens with zero attached hydrogens (tertiary/aromatic N) is 1. The van der Waals surface area contributed by atoms with Crippen LogP contribution in [-0.2, 0) is 6.54 Å². The van der Waals surface area contributed by atoms with E-state index in [1.165, 1.54) is 31.4 Å². The van der Waals surface area contributed by atoms with Crippen molar-refractivity contribution in [2.45, 2.75) is 44.7 Å². The van der Waals surface area contributed by atoms with Crippen molar-refractivity contribution in [3.8, 4) is 0 Å². The number of benzene rings is 1. The van der Waals surface area contributed by atoms with Crippen LogP contribution in [0.4, 0.5) is 8.78 Å². The smallest absolute Gasteiger partial charge is 0.144 e. The first-order chi connectivity index (χ1) is 8.59. The second-order valence-electron chi connectivity index (χ2n) is 5.03. The van der Waals surface area contributed by atoms with Crippen molar-refractivity contribution in [1.29, 1.82) is 0 Å². The third-order valence-corrected chi connectivity index (χ3v) is 4.36. The summed E-state index contributed by atoms with van der Waals surface area (Å²) in [6, 6.07) is 3.18. The minimum Gasteiger partial charge on any atom is -0.299 e. The Morgan fingerprint density at radius 1 is 1.22 bits per heavy atom. The van der Waals surface area contributed by atoms with E-state index in [1.807, 2.05) is 7.05 Å². The average Bonchev–Trinajstić information content (AvgIpc) is 2.40. The van der Waals surface area contributed by atoms with Crippen LogP contribution in [0.15, 0.2) is 16.6 Å². The van der Waals surface area contributed by atoms with Gasteiger partial charge in [0.15, 0.2) is 0 Å². The van der Waals surface area contributed by atoms with Gasteiger partial charge in [0.1, 0.15) is 11.6 Å². The van der Waals surface area contributed by atoms with Gasteiger partial charge in [0.2, 0.25) is 0 Å². The van der Waals surface area contributed by atoms with Gasteiger partial charge in [-0.1, -0.05) is 19.3 Å². The number of hydrogen-bond donors (Lipinski definition) is 0. The minimum absolute atomic E-state index is 0.164. The lowest BCUT2D eigenvalue weighted by atomic mass is 9.94. The summed E-state index contributed by atoms with van der Waals surface area (Å²) >= 11 is 3.11. The Bertz CT molecular complexity index is 417. The summed E-state index contributed by atoms with van der Waals surface area (Å²) in [6.07, 6.45) is 5.99. The van der Waals surface area contributed by atoms with Crippen LogP contribution in [0.1, 0.15) is 37.7 Å². The lowest BCUT2D eigenvalue weighted by Crippen LogP contribution is -2.33. The van der Waals surface area contributed by atoms with Gasteiger partial charge >= 0.3 is 0 Å². The van der Waals surface area contributed by atoms with Gasteiger partial charge in [0.05, 0.1) is 4.47 Å². The largest absolute Gasteiger partial charge is 0.299 e. The third kappa shape index (κ3) is 3.09. The van der Waals surface area contributed by atoms with Crippen LogP contribution in [0, 0.1) is 11.6 Å². The molecule has 0 N–H and O–H groups in total. The van der Waals surface area contributed by atoms with E-state index >= 15 is 0 Å². The van der Waals surface area contributed by atoms with Crippen molar-refractivity contribution >= 4 is 15.9 Å². The molecule has 18 heavy (non-hydrogen) atoms. The molecule has 1 nitrogen and oxygen atoms in total. The van der Waals surface area contributed by atoms with E-state index in [0.717, 1.165) is 12.8 Å². The molecule has 1 fully saturated rings. The summed E-state index contributed by atoms with van der Waals surface area (Å²) in [5.41, 5.74) is 0.164. The maximum atomic E-state index is 13.9. The fraction of sp³-hybridized carbons (Fsp3) is 0.571. The van der Waals surface area contributed by atoms with E-state index in [2.05, 4.69) is 20.8 Å². The molecule has 1 aromatic rings. The Kier molecular flexibility index (Phi) is 4.73. The van der Waals surface area contributed by atoms with Crippen LogP contribution in [0.3, 0.4) is 0 Å². The fourth-order valence-corrected chi connectivity index (χ4v) is 2.99. The molecular formula is C14H18BrF2N. The zero-order valence-corrected chi connectivity index (χ0v) is 12.1. The third-order valence-electron chi connectivity index (χ3n) is 3.74. The van der Waals surface area contributed by atoms with Crippen molar-refractivity contribution < 1.29 is 8.78 Å². The molecule has 0 aromatic heterocycles. The maximum absolute atomic E-state index is 13.9. The second-order valence-corrected chi connectivity index (χ2v) is 5.88. The van der Waals surface area contributed by atoms with Gasteiger partial charge in [-0.3, -0.25) is 4.90 Å². The highest BCUT2D eigenvalue weighted by Gasteiger charge is 2.21. The standard InChI is InChI=1S/C14H18BrF2N/c1-18(10-5-3-2-4-6-10)9-11-13(16)8-7-12(15)14(11)17/h7-8,10H,2-6,9H2,1H3. The van der Waals surface area contributed by atoms with Gasteiger partial charge in [-0.05, 0) is 48.0 Å². The molecule has 0 aliphatic heterocycles. The molecule has 1 aromatic carbocycles. The van der Waals surface area contributed by atoms with E-state index in [9.17, 15) is 8.78 Å². The molecule has 0 bridgehead atoms. The molecule has 0 unspecified atom stereocenters. The molecule has 1 aliphatic carbocycles. The molecular weight excluding hydrogens is 300 g/mol. The van der Waals surface area contributed by atoms with Gasteiger partial charge in [0, 0.05) is 18.2 Å². The van der Waals surface area contributed by atoms with E-state index in [0.29, 0.717) is 17.1 Å². The van der Waals surface area contributed by atoms with Crippen molar-refractivity contribution in [2.24, 2.45) is 0 Å². The predicted octanol–water partition coefficient (Wildman–Crippen LogP) is 4.49. The van der Waals surface area contributed by atoms with Crippen LogP contribution in [0.5, 0.6) is 0 Å². The molecule has 0 spiro atoms. The minimum atomic E-state index is -0.474. The van der Waals surface area contributed by atoms with Gasteiger partial charge < -0.3 is 0 Å². The maximum Gasteiger partial charge on any atom is 0.144 e. The molecule has 2 rings (SSSR count). The zero-order chi connectivity index (χ0) is 13.1. The lowest BCUT2D eigenvalue weighted by Gasteiger charge is -2.31. The molecule has 0 radical (unpaired) electrons. The van der Waals surface area contributed by atoms with Crippen molar-refractivity contribution in [3.05, 3.63) is 33.8 Å². The van der Waals surface area contributed by atoms with Gasteiger partial charge in [-0.2, -0.15) is 0 Å². The topological polar surface area (TPSA) is 3.24 Å². The van der Waals surface area contributed by atoms with Crippen LogP contribution in [0.2, 0.25) is 0 Å². The van der Waals surface area contributed by atoms with Gasteiger partial charge in [-0.25, -0.2) is 8.78 Å². The van der Waals surface area contributed by atoms with Gasteiger partial charge in [-0.15, -0.1) is 0 Å². The summed E-state index contributed by atoms with van der Waals surface area (Å²) in [6.45, 7) is 0.335. The van der Waals surface area contributed by atoms with Crippen LogP contribution in [-0.4, -0.2) is 18.0 Å². The highest BCUT2D eigenvalue weighted by atomic mass is 79.9. The zero-order valence-electron chi connectivity index (χ0n) is 10.6. The Morgan fingerprint density at radius 2 is 1.89 bits per heavy atom. The lowest BCUT2D eigenvalue weighted by molar-refractivity contribution is 0.180. The van der Waals surface area contributed by atoms with Crippen LogP contribution in [0.25, 0.3) is 0 Å². The number of hydrogen-bond acceptors (Lipinski definition) is 1. The van der Waals surface area contributed by atoms with Crippen molar-refractivity contribution in [2.75, 3.05) is 7.05 Å². The number of rotatable bonds is 3. The Labute approximate surface area is 115 Å². The highest BCUT2D eigenvalue weighted by Crippen LogP contribution is 2.26. The fourth-order valence-electron chi connectivity index (χ4n) is 2.61. The van der Waals surface area contributed by atoms with Crippen LogP contribution >= 0.6 is 15.9 Å². The Hall–Kier alpha value is -0.480. The van der Waals surface area contributed by atoms with E-state index in [4.69, 9.17) is 0 Å². The molecule has 0 amide bonds. The SMILES string of the molecule is CN(Cc1c(F)ccc(Br)c1F)C1CCCCC1. The summed E-state index contributed by atoms with van der Waals surface area (Å²) in [5, 5.41) is 0. The second kappa shape index (κ2) is 6.11. The predicted molar refractivity (Wildman–Crippen MR) is 72.4 cm³/mol. The van der Waals surface area contributed by atoms with Gasteiger partial charge in [0.25, 0.3) is 0 Å². The summed E-state index contributed by atoms with van der Waals surface area (Å²) < 4.78 is 27.9. The molecule has 100 valence electrons. The average molecular weight is 318 g/mol. The van der Waals surface area contributed by atoms with E-state index < -0.39 is 11.6 Å². The Morgan fingerprint density at radius 3 is 2.56 bits per heavy atom. The first-order valence-corrected chi connectivity index (χ1v) is 7.21. The molecule has 1 aliphatic rings. The van der Waals surface area contributed by atoms with Crippen molar-refractivity contribution in [3.63, 3.8) is 0 Å². The van der Waals surface area contributed by atoms with E-state index in [1.54, 1.807) is 0 Å². The molecule has 1 saturated carbocycles. The molecule has 0 heterocycles. The normalized spacial score (nSPS) is 17.4. The Balaban J connectivity index is 2.10. The summed E-state index contributed by atoms with van der Waals surface area (Å²) in [5.74, 6) is -0.934. The van der Waals surface area contributed by atoms with E-state index in [-0.39, 0.29) is 5.56 Å². The highest BCUT2D eigenvalue weighted by molar-refractivity contribution is 9.10. The van der Waals surface area contributed by atoms with Crippen molar-refractivity contribution in [1.82, 2.24) is 4.90 Å². The van der Waals surface area contributed by atoms with Crippen LogP contribution < -0.4 is 0 Å². The first kappa shape index (κ1) is 13.9. The molecule has 0 atom stereocenters. The molecule has 4 heteroatoms. The summed E-state index contributed by atoms with van der Waals surface area (Å²) in [4.78, 5) is 2.08. The number of halogens is 3. The summed E-state index contributed by atoms with van der Waals surface area (Å²) in [7, 11) is 1.95. The molecule has 0 saturated heterocycles. The first-order valence-electron chi connectivity index (χ1n) is 6.42. The monoisotopic (exact) mass is 317 g/mol. The quantitative estimate of drug-likeness (QED) is 0.742.